The number of aromatic amines is 1. The number of benzene rings is 1. The number of rotatable bonds is 3. The minimum Gasteiger partial charge on any atom is -0.348 e. The molecular formula is C14H14N4O2. The SMILES string of the molecule is O=C1CN(c2ccccc2)C(=O)C(Cc2cnc[nH]2)N1. The van der Waals surface area contributed by atoms with Crippen LogP contribution in [0.2, 0.25) is 0 Å². The van der Waals surface area contributed by atoms with Crippen LogP contribution < -0.4 is 10.2 Å². The molecule has 1 unspecified atom stereocenters. The van der Waals surface area contributed by atoms with Crippen molar-refractivity contribution in [2.24, 2.45) is 0 Å². The number of carbonyl (C=O) groups excluding carboxylic acids is 2. The normalized spacial score (nSPS) is 19.0. The zero-order chi connectivity index (χ0) is 13.9. The van der Waals surface area contributed by atoms with E-state index >= 15 is 0 Å². The van der Waals surface area contributed by atoms with E-state index in [0.717, 1.165) is 11.4 Å². The molecule has 2 N–H and O–H groups in total. The number of nitrogens with zero attached hydrogens (tertiary/aromatic N) is 2. The maximum atomic E-state index is 12.5. The molecule has 3 rings (SSSR count). The van der Waals surface area contributed by atoms with Gasteiger partial charge in [-0.2, -0.15) is 0 Å². The van der Waals surface area contributed by atoms with Gasteiger partial charge in [0.1, 0.15) is 12.6 Å². The molecule has 0 bridgehead atoms. The highest BCUT2D eigenvalue weighted by Gasteiger charge is 2.33. The second-order valence-corrected chi connectivity index (χ2v) is 4.66. The van der Waals surface area contributed by atoms with Crippen LogP contribution in [0.5, 0.6) is 0 Å². The summed E-state index contributed by atoms with van der Waals surface area (Å²) in [5.74, 6) is -0.261. The molecule has 1 atom stereocenters. The van der Waals surface area contributed by atoms with Gasteiger partial charge >= 0.3 is 0 Å². The fourth-order valence-electron chi connectivity index (χ4n) is 2.29. The lowest BCUT2D eigenvalue weighted by atomic mass is 10.1. The number of nitrogens with one attached hydrogen (secondary N) is 2. The van der Waals surface area contributed by atoms with Crippen LogP contribution in [-0.2, 0) is 16.0 Å². The number of piperazine rings is 1. The highest BCUT2D eigenvalue weighted by molar-refractivity contribution is 6.06. The topological polar surface area (TPSA) is 78.1 Å². The smallest absolute Gasteiger partial charge is 0.250 e. The van der Waals surface area contributed by atoms with Crippen molar-refractivity contribution in [1.82, 2.24) is 15.3 Å². The van der Waals surface area contributed by atoms with Crippen LogP contribution in [-0.4, -0.2) is 34.4 Å². The Morgan fingerprint density at radius 1 is 1.25 bits per heavy atom. The molecule has 2 amide bonds. The summed E-state index contributed by atoms with van der Waals surface area (Å²) < 4.78 is 0. The molecule has 0 spiro atoms. The van der Waals surface area contributed by atoms with Gasteiger partial charge in [-0.25, -0.2) is 4.98 Å². The van der Waals surface area contributed by atoms with Gasteiger partial charge in [0.05, 0.1) is 6.33 Å². The van der Waals surface area contributed by atoms with Gasteiger partial charge in [0.2, 0.25) is 11.8 Å². The maximum absolute atomic E-state index is 12.5. The van der Waals surface area contributed by atoms with Crippen molar-refractivity contribution in [3.63, 3.8) is 0 Å². The number of imidazole rings is 1. The maximum Gasteiger partial charge on any atom is 0.250 e. The summed E-state index contributed by atoms with van der Waals surface area (Å²) in [5, 5.41) is 2.73. The molecule has 1 aromatic carbocycles. The lowest BCUT2D eigenvalue weighted by molar-refractivity contribution is -0.131. The predicted octanol–water partition coefficient (Wildman–Crippen LogP) is 0.484. The Balaban J connectivity index is 1.82. The molecule has 0 radical (unpaired) electrons. The van der Waals surface area contributed by atoms with E-state index in [1.54, 1.807) is 12.5 Å². The van der Waals surface area contributed by atoms with Gasteiger partial charge in [0.25, 0.3) is 0 Å². The van der Waals surface area contributed by atoms with Gasteiger partial charge in [0, 0.05) is 24.0 Å². The molecule has 6 heteroatoms. The summed E-state index contributed by atoms with van der Waals surface area (Å²) in [5.41, 5.74) is 1.56. The molecule has 6 nitrogen and oxygen atoms in total. The quantitative estimate of drug-likeness (QED) is 0.851. The molecular weight excluding hydrogens is 256 g/mol. The van der Waals surface area contributed by atoms with Gasteiger partial charge in [-0.15, -0.1) is 0 Å². The van der Waals surface area contributed by atoms with Gasteiger partial charge in [0.15, 0.2) is 0 Å². The number of carbonyl (C=O) groups is 2. The van der Waals surface area contributed by atoms with Crippen molar-refractivity contribution >= 4 is 17.5 Å². The first-order valence-electron chi connectivity index (χ1n) is 6.37. The van der Waals surface area contributed by atoms with E-state index in [0.29, 0.717) is 6.42 Å². The fraction of sp³-hybridized carbons (Fsp3) is 0.214. The van der Waals surface area contributed by atoms with Crippen molar-refractivity contribution in [2.45, 2.75) is 12.5 Å². The predicted molar refractivity (Wildman–Crippen MR) is 73.0 cm³/mol. The third kappa shape index (κ3) is 2.40. The first-order valence-corrected chi connectivity index (χ1v) is 6.37. The molecule has 102 valence electrons. The van der Waals surface area contributed by atoms with E-state index in [4.69, 9.17) is 0 Å². The van der Waals surface area contributed by atoms with Crippen LogP contribution in [0.3, 0.4) is 0 Å². The van der Waals surface area contributed by atoms with Gasteiger partial charge in [-0.1, -0.05) is 18.2 Å². The number of hydrogen-bond donors (Lipinski definition) is 2. The second-order valence-electron chi connectivity index (χ2n) is 4.66. The number of aromatic nitrogens is 2. The van der Waals surface area contributed by atoms with Crippen LogP contribution in [0.4, 0.5) is 5.69 Å². The summed E-state index contributed by atoms with van der Waals surface area (Å²) in [6, 6.07) is 8.66. The van der Waals surface area contributed by atoms with E-state index < -0.39 is 6.04 Å². The second kappa shape index (κ2) is 5.16. The number of H-pyrrole nitrogens is 1. The van der Waals surface area contributed by atoms with Crippen molar-refractivity contribution in [3.05, 3.63) is 48.5 Å². The summed E-state index contributed by atoms with van der Waals surface area (Å²) >= 11 is 0. The first-order chi connectivity index (χ1) is 9.74. The van der Waals surface area contributed by atoms with Crippen LogP contribution in [0.25, 0.3) is 0 Å². The molecule has 20 heavy (non-hydrogen) atoms. The van der Waals surface area contributed by atoms with E-state index in [1.165, 1.54) is 4.90 Å². The Labute approximate surface area is 115 Å². The first kappa shape index (κ1) is 12.4. The highest BCUT2D eigenvalue weighted by atomic mass is 16.2. The van der Waals surface area contributed by atoms with Crippen molar-refractivity contribution < 1.29 is 9.59 Å². The Hall–Kier alpha value is -2.63. The lowest BCUT2D eigenvalue weighted by Crippen LogP contribution is -2.59. The van der Waals surface area contributed by atoms with E-state index in [2.05, 4.69) is 15.3 Å². The van der Waals surface area contributed by atoms with Crippen LogP contribution >= 0.6 is 0 Å². The molecule has 1 aliphatic rings. The number of anilines is 1. The van der Waals surface area contributed by atoms with Crippen molar-refractivity contribution in [3.8, 4) is 0 Å². The molecule has 0 saturated carbocycles. The molecule has 2 aromatic rings. The molecule has 1 saturated heterocycles. The van der Waals surface area contributed by atoms with E-state index in [9.17, 15) is 9.59 Å². The Bertz CT molecular complexity index is 609. The molecule has 2 heterocycles. The molecule has 1 fully saturated rings. The summed E-state index contributed by atoms with van der Waals surface area (Å²) in [7, 11) is 0. The number of para-hydroxylation sites is 1. The van der Waals surface area contributed by atoms with Gasteiger partial charge < -0.3 is 15.2 Å². The van der Waals surface area contributed by atoms with Gasteiger partial charge in [-0.3, -0.25) is 9.59 Å². The van der Waals surface area contributed by atoms with E-state index in [1.807, 2.05) is 30.3 Å². The highest BCUT2D eigenvalue weighted by Crippen LogP contribution is 2.17. The third-order valence-electron chi connectivity index (χ3n) is 3.25. The van der Waals surface area contributed by atoms with Gasteiger partial charge in [-0.05, 0) is 12.1 Å². The monoisotopic (exact) mass is 270 g/mol. The van der Waals surface area contributed by atoms with Crippen LogP contribution in [0.1, 0.15) is 5.69 Å². The zero-order valence-corrected chi connectivity index (χ0v) is 10.7. The molecule has 1 aromatic heterocycles. The average molecular weight is 270 g/mol. The summed E-state index contributed by atoms with van der Waals surface area (Å²) in [6.45, 7) is 0.0579. The average Bonchev–Trinajstić information content (AvgIpc) is 2.96. The standard InChI is InChI=1S/C14H14N4O2/c19-13-8-18(11-4-2-1-3-5-11)14(20)12(17-13)6-10-7-15-9-16-10/h1-5,7,9,12H,6,8H2,(H,15,16)(H,17,19). The number of hydrogen-bond acceptors (Lipinski definition) is 3. The lowest BCUT2D eigenvalue weighted by Gasteiger charge is -2.32. The fourth-order valence-corrected chi connectivity index (χ4v) is 2.29. The Morgan fingerprint density at radius 3 is 2.75 bits per heavy atom. The summed E-state index contributed by atoms with van der Waals surface area (Å²) in [4.78, 5) is 32.6. The summed E-state index contributed by atoms with van der Waals surface area (Å²) in [6.07, 6.45) is 3.62. The molecule has 0 aliphatic carbocycles. The Morgan fingerprint density at radius 2 is 2.05 bits per heavy atom. The number of amides is 2. The van der Waals surface area contributed by atoms with Crippen LogP contribution in [0, 0.1) is 0 Å². The minimum atomic E-state index is -0.558. The minimum absolute atomic E-state index is 0.0579. The zero-order valence-electron chi connectivity index (χ0n) is 10.7. The van der Waals surface area contributed by atoms with Crippen molar-refractivity contribution in [1.29, 1.82) is 0 Å². The Kier molecular flexibility index (Phi) is 3.20. The molecule has 1 aliphatic heterocycles. The van der Waals surface area contributed by atoms with Crippen molar-refractivity contribution in [2.75, 3.05) is 11.4 Å². The van der Waals surface area contributed by atoms with E-state index in [-0.39, 0.29) is 18.4 Å². The van der Waals surface area contributed by atoms with Crippen LogP contribution in [0.15, 0.2) is 42.9 Å². The largest absolute Gasteiger partial charge is 0.348 e. The third-order valence-corrected chi connectivity index (χ3v) is 3.25.